The molecule has 15 aromatic carbocycles. The molecule has 0 saturated heterocycles. The Hall–Kier alpha value is -12.3. The van der Waals surface area contributed by atoms with Crippen molar-refractivity contribution in [3.05, 3.63) is 390 Å². The molecule has 15 aromatic rings. The lowest BCUT2D eigenvalue weighted by molar-refractivity contribution is 0.568. The fourth-order valence-corrected chi connectivity index (χ4v) is 17.3. The van der Waals surface area contributed by atoms with Crippen LogP contribution < -0.4 is 14.7 Å². The summed E-state index contributed by atoms with van der Waals surface area (Å²) in [5.74, 6) is -0.164. The second-order valence-corrected chi connectivity index (χ2v) is 35.0. The van der Waals surface area contributed by atoms with Crippen molar-refractivity contribution in [3.8, 4) is 89.0 Å². The van der Waals surface area contributed by atoms with Crippen molar-refractivity contribution in [1.29, 1.82) is 0 Å². The number of hydrogen-bond acceptors (Lipinski definition) is 3. The Bertz CT molecular complexity index is 5510. The molecule has 0 amide bonds. The summed E-state index contributed by atoms with van der Waals surface area (Å²) >= 11 is 0. The van der Waals surface area contributed by atoms with Crippen molar-refractivity contribution >= 4 is 51.2 Å². The molecule has 0 atom stereocenters. The maximum atomic E-state index is 2.73. The summed E-state index contributed by atoms with van der Waals surface area (Å²) in [6, 6.07) is 130. The van der Waals surface area contributed by atoms with E-state index >= 15 is 0 Å². The molecule has 2 heterocycles. The van der Waals surface area contributed by atoms with E-state index in [2.05, 4.69) is 438 Å². The van der Waals surface area contributed by atoms with Crippen LogP contribution in [0.5, 0.6) is 0 Å². The molecule has 111 heavy (non-hydrogen) atoms. The molecule has 3 aliphatic rings. The van der Waals surface area contributed by atoms with E-state index in [9.17, 15) is 0 Å². The first-order valence-corrected chi connectivity index (χ1v) is 39.6. The average Bonchev–Trinajstić information content (AvgIpc) is 0.684. The number of hydrogen-bond donors (Lipinski definition) is 0. The fraction of sp³-hybridized carbons (Fsp3) is 0.167. The van der Waals surface area contributed by atoms with Gasteiger partial charge in [-0.25, -0.2) is 0 Å². The van der Waals surface area contributed by atoms with Gasteiger partial charge in [-0.1, -0.05) is 362 Å². The van der Waals surface area contributed by atoms with Crippen LogP contribution in [0.15, 0.2) is 340 Å². The molecule has 0 bridgehead atoms. The van der Waals surface area contributed by atoms with Gasteiger partial charge in [-0.15, -0.1) is 0 Å². The van der Waals surface area contributed by atoms with E-state index < -0.39 is 0 Å². The van der Waals surface area contributed by atoms with Crippen molar-refractivity contribution in [3.63, 3.8) is 0 Å². The van der Waals surface area contributed by atoms with Crippen LogP contribution in [0.25, 0.3) is 89.0 Å². The van der Waals surface area contributed by atoms with Gasteiger partial charge in [0.1, 0.15) is 0 Å². The van der Waals surface area contributed by atoms with E-state index in [0.717, 1.165) is 135 Å². The second-order valence-electron chi connectivity index (χ2n) is 35.0. The van der Waals surface area contributed by atoms with Crippen LogP contribution in [0.1, 0.15) is 139 Å². The Labute approximate surface area is 657 Å². The van der Waals surface area contributed by atoms with Crippen molar-refractivity contribution in [1.82, 2.24) is 0 Å². The van der Waals surface area contributed by atoms with Crippen LogP contribution in [0.3, 0.4) is 0 Å². The third-order valence-electron chi connectivity index (χ3n) is 23.4. The van der Waals surface area contributed by atoms with Gasteiger partial charge in [-0.2, -0.15) is 0 Å². The number of anilines is 9. The normalized spacial score (nSPS) is 13.3. The van der Waals surface area contributed by atoms with Gasteiger partial charge in [0.2, 0.25) is 0 Å². The first-order valence-electron chi connectivity index (χ1n) is 39.6. The van der Waals surface area contributed by atoms with Crippen LogP contribution in [0.2, 0.25) is 0 Å². The summed E-state index contributed by atoms with van der Waals surface area (Å²) < 4.78 is 0. The van der Waals surface area contributed by atoms with Gasteiger partial charge < -0.3 is 14.7 Å². The predicted octanol–water partition coefficient (Wildman–Crippen LogP) is 30.3. The van der Waals surface area contributed by atoms with Crippen molar-refractivity contribution in [2.45, 2.75) is 117 Å². The summed E-state index contributed by atoms with van der Waals surface area (Å²) in [7, 11) is 0. The molecule has 18 rings (SSSR count). The summed E-state index contributed by atoms with van der Waals surface area (Å²) in [5.41, 5.74) is 39.3. The van der Waals surface area contributed by atoms with E-state index in [-0.39, 0.29) is 27.6 Å². The van der Waals surface area contributed by atoms with Gasteiger partial charge in [-0.3, -0.25) is 0 Å². The lowest BCUT2D eigenvalue weighted by Gasteiger charge is -2.49. The minimum atomic E-state index is -0.164. The van der Waals surface area contributed by atoms with Crippen molar-refractivity contribution in [2.75, 3.05) is 14.7 Å². The van der Waals surface area contributed by atoms with Crippen molar-refractivity contribution in [2.24, 2.45) is 0 Å². The summed E-state index contributed by atoms with van der Waals surface area (Å²) in [6.45, 7) is 28.3. The summed E-state index contributed by atoms with van der Waals surface area (Å²) in [4.78, 5) is 8.13. The zero-order valence-corrected chi connectivity index (χ0v) is 66.0. The minimum absolute atomic E-state index is 0.124. The summed E-state index contributed by atoms with van der Waals surface area (Å²) in [5, 5.41) is 0. The molecule has 0 aromatic heterocycles. The van der Waals surface area contributed by atoms with Crippen LogP contribution in [0, 0.1) is 0 Å². The standard InChI is InChI=1S/C108H95N3/c1-105(2,3)85-56-80(57-86(68-85)106(4,5)6)76-51-53-95-97(64-76)110(102-91(72-39-23-15-24-40-72)60-82(70-35-19-13-20-36-70)61-92(102)73-41-25-16-26-42-73)99-66-84(101-89-49-33-31-47-78(89)55-79-48-32-34-50-90(79)101)67-100-104(99)109(95)96-54-52-77(81-58-87(107(7,8)9)69-88(59-81)108(10,11)12)65-98(96)111(100)103-93(74-43-27-17-28-44-74)62-83(71-37-21-14-22-38-71)63-94(103)75-45-29-18-30-46-75/h13-54,56-69,101H,55H2,1-12H3. The Morgan fingerprint density at radius 2 is 0.477 bits per heavy atom. The predicted molar refractivity (Wildman–Crippen MR) is 473 cm³/mol. The van der Waals surface area contributed by atoms with Gasteiger partial charge >= 0.3 is 0 Å². The maximum Gasteiger partial charge on any atom is 0.0948 e. The second kappa shape index (κ2) is 27.4. The first kappa shape index (κ1) is 70.4. The van der Waals surface area contributed by atoms with Gasteiger partial charge in [0.05, 0.1) is 51.2 Å². The molecule has 3 nitrogen and oxygen atoms in total. The molecule has 3 heteroatoms. The minimum Gasteiger partial charge on any atom is -0.305 e. The molecule has 0 spiro atoms. The van der Waals surface area contributed by atoms with E-state index in [4.69, 9.17) is 0 Å². The zero-order valence-electron chi connectivity index (χ0n) is 66.0. The van der Waals surface area contributed by atoms with Gasteiger partial charge in [0, 0.05) is 28.2 Å². The van der Waals surface area contributed by atoms with Crippen molar-refractivity contribution < 1.29 is 0 Å². The highest BCUT2D eigenvalue weighted by Crippen LogP contribution is 2.68. The quantitative estimate of drug-likeness (QED) is 0.128. The highest BCUT2D eigenvalue weighted by Gasteiger charge is 2.44. The maximum absolute atomic E-state index is 2.73. The Kier molecular flexibility index (Phi) is 17.4. The average molecular weight is 1430 g/mol. The molecule has 2 aliphatic heterocycles. The Morgan fingerprint density at radius 1 is 0.207 bits per heavy atom. The monoisotopic (exact) mass is 1430 g/mol. The number of benzene rings is 15. The lowest BCUT2D eigenvalue weighted by Crippen LogP contribution is -2.31. The third-order valence-corrected chi connectivity index (χ3v) is 23.4. The van der Waals surface area contributed by atoms with E-state index in [1.807, 2.05) is 0 Å². The van der Waals surface area contributed by atoms with Gasteiger partial charge in [-0.05, 0) is 206 Å². The molecule has 0 N–H and O–H groups in total. The highest BCUT2D eigenvalue weighted by molar-refractivity contribution is 6.18. The van der Waals surface area contributed by atoms with Crippen LogP contribution in [0.4, 0.5) is 51.2 Å². The van der Waals surface area contributed by atoms with Crippen LogP contribution in [-0.2, 0) is 28.1 Å². The molecule has 0 radical (unpaired) electrons. The Balaban J connectivity index is 1.06. The zero-order chi connectivity index (χ0) is 76.2. The van der Waals surface area contributed by atoms with E-state index in [1.165, 1.54) is 61.2 Å². The number of fused-ring (bicyclic) bond motifs is 6. The van der Waals surface area contributed by atoms with Gasteiger partial charge in [0.15, 0.2) is 0 Å². The number of nitrogens with zero attached hydrogens (tertiary/aromatic N) is 3. The summed E-state index contributed by atoms with van der Waals surface area (Å²) in [6.07, 6.45) is 0.850. The largest absolute Gasteiger partial charge is 0.305 e. The molecule has 0 unspecified atom stereocenters. The topological polar surface area (TPSA) is 9.72 Å². The van der Waals surface area contributed by atoms with Crippen LogP contribution >= 0.6 is 0 Å². The molecular formula is C108H95N3. The molecule has 1 aliphatic carbocycles. The Morgan fingerprint density at radius 3 is 0.784 bits per heavy atom. The fourth-order valence-electron chi connectivity index (χ4n) is 17.3. The first-order chi connectivity index (χ1) is 53.6. The third kappa shape index (κ3) is 12.9. The lowest BCUT2D eigenvalue weighted by atomic mass is 9.74. The smallest absolute Gasteiger partial charge is 0.0948 e. The van der Waals surface area contributed by atoms with E-state index in [0.29, 0.717) is 0 Å². The van der Waals surface area contributed by atoms with Gasteiger partial charge in [0.25, 0.3) is 0 Å². The van der Waals surface area contributed by atoms with E-state index in [1.54, 1.807) is 0 Å². The number of rotatable bonds is 11. The SMILES string of the molecule is CC(C)(C)c1cc(-c2ccc3c(c2)N(c2c(-c4ccccc4)cc(-c4ccccc4)cc2-c2ccccc2)c2cc(C4c5ccccc5Cc5ccccc54)cc4c2N3c2ccc(-c3cc(C(C)(C)C)cc(C(C)(C)C)c3)cc2N4c2c(-c3ccccc3)cc(-c3ccccc3)cc2-c2ccccc2)cc(C(C)(C)C)c1. The highest BCUT2D eigenvalue weighted by atomic mass is 15.3. The molecular weight excluding hydrogens is 1340 g/mol. The molecule has 0 saturated carbocycles. The van der Waals surface area contributed by atoms with Crippen LogP contribution in [-0.4, -0.2) is 0 Å². The molecule has 542 valence electrons. The molecule has 0 fully saturated rings.